The average molecular weight is 357 g/mol. The second-order valence-electron chi connectivity index (χ2n) is 6.21. The highest BCUT2D eigenvalue weighted by Gasteiger charge is 2.22. The first kappa shape index (κ1) is 20.7. The molecule has 1 saturated heterocycles. The molecule has 1 aromatic carbocycles. The lowest BCUT2D eigenvalue weighted by atomic mass is 9.85. The van der Waals surface area contributed by atoms with Crippen molar-refractivity contribution in [1.29, 1.82) is 0 Å². The van der Waals surface area contributed by atoms with Crippen molar-refractivity contribution in [2.24, 2.45) is 11.8 Å². The number of amides is 1. The number of rotatable bonds is 8. The summed E-state index contributed by atoms with van der Waals surface area (Å²) in [5.41, 5.74) is 0.777. The summed E-state index contributed by atoms with van der Waals surface area (Å²) in [6, 6.07) is 7.49. The molecule has 2 atom stereocenters. The number of hydrogen-bond donors (Lipinski definition) is 2. The van der Waals surface area contributed by atoms with E-state index in [2.05, 4.69) is 17.6 Å². The van der Waals surface area contributed by atoms with E-state index in [9.17, 15) is 4.79 Å². The van der Waals surface area contributed by atoms with Crippen molar-refractivity contribution in [1.82, 2.24) is 5.32 Å². The van der Waals surface area contributed by atoms with Gasteiger partial charge in [-0.25, -0.2) is 0 Å². The molecule has 6 heteroatoms. The number of methoxy groups -OCH3 is 1. The van der Waals surface area contributed by atoms with Crippen LogP contribution in [0.1, 0.15) is 26.2 Å². The summed E-state index contributed by atoms with van der Waals surface area (Å²) in [5, 5.41) is 6.38. The molecule has 1 aromatic rings. The fourth-order valence-corrected chi connectivity index (χ4v) is 2.94. The highest BCUT2D eigenvalue weighted by molar-refractivity contribution is 5.91. The Kier molecular flexibility index (Phi) is 9.76. The monoisotopic (exact) mass is 356 g/mol. The van der Waals surface area contributed by atoms with Gasteiger partial charge in [0.2, 0.25) is 5.91 Å². The lowest BCUT2D eigenvalue weighted by molar-refractivity contribution is -0.117. The lowest BCUT2D eigenvalue weighted by Crippen LogP contribution is -2.34. The van der Waals surface area contributed by atoms with Crippen molar-refractivity contribution in [2.45, 2.75) is 26.2 Å². The molecule has 2 rings (SSSR count). The Bertz CT molecular complexity index is 493. The van der Waals surface area contributed by atoms with Crippen LogP contribution in [0, 0.1) is 11.8 Å². The van der Waals surface area contributed by atoms with Crippen LogP contribution in [-0.2, 0) is 9.53 Å². The molecular weight excluding hydrogens is 328 g/mol. The van der Waals surface area contributed by atoms with Gasteiger partial charge >= 0.3 is 0 Å². The molecule has 5 nitrogen and oxygen atoms in total. The van der Waals surface area contributed by atoms with Gasteiger partial charge in [0.15, 0.2) is 0 Å². The molecule has 0 aromatic heterocycles. The summed E-state index contributed by atoms with van der Waals surface area (Å²) in [6.45, 7) is 5.34. The number of hydrogen-bond acceptors (Lipinski definition) is 4. The Hall–Kier alpha value is -1.30. The molecule has 2 N–H and O–H groups in total. The van der Waals surface area contributed by atoms with E-state index in [0.717, 1.165) is 24.5 Å². The first-order valence-electron chi connectivity index (χ1n) is 8.41. The molecule has 24 heavy (non-hydrogen) atoms. The minimum atomic E-state index is 0. The Labute approximate surface area is 150 Å². The zero-order chi connectivity index (χ0) is 16.5. The molecule has 2 unspecified atom stereocenters. The summed E-state index contributed by atoms with van der Waals surface area (Å²) >= 11 is 0. The topological polar surface area (TPSA) is 59.6 Å². The van der Waals surface area contributed by atoms with Crippen molar-refractivity contribution in [3.63, 3.8) is 0 Å². The predicted molar refractivity (Wildman–Crippen MR) is 99.1 cm³/mol. The van der Waals surface area contributed by atoms with E-state index in [1.807, 2.05) is 24.3 Å². The zero-order valence-corrected chi connectivity index (χ0v) is 15.4. The second-order valence-corrected chi connectivity index (χ2v) is 6.21. The van der Waals surface area contributed by atoms with E-state index < -0.39 is 0 Å². The van der Waals surface area contributed by atoms with Gasteiger partial charge in [0.25, 0.3) is 0 Å². The summed E-state index contributed by atoms with van der Waals surface area (Å²) in [7, 11) is 1.64. The maximum absolute atomic E-state index is 12.2. The molecule has 1 aliphatic rings. The van der Waals surface area contributed by atoms with E-state index in [1.165, 1.54) is 12.8 Å². The number of anilines is 1. The number of carbonyl (C=O) groups is 1. The van der Waals surface area contributed by atoms with E-state index in [0.29, 0.717) is 31.5 Å². The molecule has 1 fully saturated rings. The summed E-state index contributed by atoms with van der Waals surface area (Å²) in [4.78, 5) is 12.2. The van der Waals surface area contributed by atoms with Crippen LogP contribution in [0.4, 0.5) is 5.69 Å². The minimum absolute atomic E-state index is 0. The van der Waals surface area contributed by atoms with E-state index in [-0.39, 0.29) is 18.3 Å². The first-order valence-corrected chi connectivity index (χ1v) is 8.41. The molecule has 0 aliphatic carbocycles. The van der Waals surface area contributed by atoms with Gasteiger partial charge in [0, 0.05) is 25.3 Å². The van der Waals surface area contributed by atoms with Gasteiger partial charge in [-0.05, 0) is 49.9 Å². The van der Waals surface area contributed by atoms with Crippen LogP contribution in [0.5, 0.6) is 5.75 Å². The quantitative estimate of drug-likeness (QED) is 0.703. The van der Waals surface area contributed by atoms with Crippen LogP contribution in [-0.4, -0.2) is 39.3 Å². The maximum Gasteiger partial charge on any atom is 0.224 e. The molecule has 1 aliphatic heterocycles. The van der Waals surface area contributed by atoms with E-state index in [1.54, 1.807) is 7.11 Å². The molecule has 0 saturated carbocycles. The van der Waals surface area contributed by atoms with Crippen LogP contribution in [0.2, 0.25) is 0 Å². The van der Waals surface area contributed by atoms with Crippen molar-refractivity contribution in [3.05, 3.63) is 24.3 Å². The van der Waals surface area contributed by atoms with Crippen molar-refractivity contribution in [3.8, 4) is 5.75 Å². The largest absolute Gasteiger partial charge is 0.491 e. The fraction of sp³-hybridized carbons (Fsp3) is 0.611. The molecule has 136 valence electrons. The molecule has 0 radical (unpaired) electrons. The van der Waals surface area contributed by atoms with Crippen LogP contribution >= 0.6 is 12.4 Å². The number of benzene rings is 1. The lowest BCUT2D eigenvalue weighted by Gasteiger charge is -2.28. The molecule has 0 spiro atoms. The fourth-order valence-electron chi connectivity index (χ4n) is 2.94. The van der Waals surface area contributed by atoms with Crippen LogP contribution in [0.25, 0.3) is 0 Å². The Balaban J connectivity index is 0.00000288. The first-order chi connectivity index (χ1) is 11.2. The summed E-state index contributed by atoms with van der Waals surface area (Å²) in [5.74, 6) is 1.80. The molecule has 1 amide bonds. The van der Waals surface area contributed by atoms with Gasteiger partial charge in [-0.3, -0.25) is 4.79 Å². The standard InChI is InChI=1S/C18H28N2O3.ClH/c1-14(15-5-4-8-19-13-15)11-18(21)20-16-6-3-7-17(12-16)23-10-9-22-2;/h3,6-7,12,14-15,19H,4-5,8-11,13H2,1-2H3,(H,20,21);1H. The van der Waals surface area contributed by atoms with Crippen LogP contribution in [0.15, 0.2) is 24.3 Å². The predicted octanol–water partition coefficient (Wildman–Crippen LogP) is 3.10. The maximum atomic E-state index is 12.2. The smallest absolute Gasteiger partial charge is 0.224 e. The van der Waals surface area contributed by atoms with Crippen molar-refractivity contribution >= 4 is 24.0 Å². The van der Waals surface area contributed by atoms with Gasteiger partial charge in [-0.1, -0.05) is 13.0 Å². The van der Waals surface area contributed by atoms with Gasteiger partial charge < -0.3 is 20.1 Å². The minimum Gasteiger partial charge on any atom is -0.491 e. The van der Waals surface area contributed by atoms with Gasteiger partial charge in [-0.2, -0.15) is 0 Å². The number of halogens is 1. The Morgan fingerprint density at radius 3 is 2.96 bits per heavy atom. The third-order valence-electron chi connectivity index (χ3n) is 4.32. The van der Waals surface area contributed by atoms with Gasteiger partial charge in [-0.15, -0.1) is 12.4 Å². The number of nitrogens with one attached hydrogen (secondary N) is 2. The van der Waals surface area contributed by atoms with Crippen molar-refractivity contribution < 1.29 is 14.3 Å². The van der Waals surface area contributed by atoms with Crippen LogP contribution in [0.3, 0.4) is 0 Å². The third-order valence-corrected chi connectivity index (χ3v) is 4.32. The van der Waals surface area contributed by atoms with Gasteiger partial charge in [0.05, 0.1) is 6.61 Å². The molecular formula is C18H29ClN2O3. The summed E-state index contributed by atoms with van der Waals surface area (Å²) < 4.78 is 10.5. The van der Waals surface area contributed by atoms with E-state index in [4.69, 9.17) is 9.47 Å². The number of carbonyl (C=O) groups excluding carboxylic acids is 1. The average Bonchev–Trinajstić information content (AvgIpc) is 2.56. The SMILES string of the molecule is COCCOc1cccc(NC(=O)CC(C)C2CCCNC2)c1.Cl. The normalized spacial score (nSPS) is 18.3. The Morgan fingerprint density at radius 1 is 1.42 bits per heavy atom. The Morgan fingerprint density at radius 2 is 2.25 bits per heavy atom. The van der Waals surface area contributed by atoms with Crippen molar-refractivity contribution in [2.75, 3.05) is 38.7 Å². The summed E-state index contributed by atoms with van der Waals surface area (Å²) in [6.07, 6.45) is 2.98. The highest BCUT2D eigenvalue weighted by Crippen LogP contribution is 2.23. The van der Waals surface area contributed by atoms with Crippen LogP contribution < -0.4 is 15.4 Å². The third kappa shape index (κ3) is 7.07. The number of piperidine rings is 1. The zero-order valence-electron chi connectivity index (χ0n) is 14.5. The molecule has 1 heterocycles. The highest BCUT2D eigenvalue weighted by atomic mass is 35.5. The second kappa shape index (κ2) is 11.3. The number of ether oxygens (including phenoxy) is 2. The van der Waals surface area contributed by atoms with Gasteiger partial charge in [0.1, 0.15) is 12.4 Å². The molecule has 0 bridgehead atoms. The van der Waals surface area contributed by atoms with E-state index >= 15 is 0 Å².